The van der Waals surface area contributed by atoms with Gasteiger partial charge in [0.15, 0.2) is 0 Å². The fraction of sp³-hybridized carbons (Fsp3) is 0.0714. The van der Waals surface area contributed by atoms with Gasteiger partial charge in [-0.1, -0.05) is 41.4 Å². The Morgan fingerprint density at radius 3 is 2.09 bits per heavy atom. The molecule has 2 aromatic rings. The van der Waals surface area contributed by atoms with Gasteiger partial charge in [-0.3, -0.25) is 4.79 Å². The molecule has 0 saturated carbocycles. The van der Waals surface area contributed by atoms with Gasteiger partial charge in [-0.05, 0) is 29.8 Å². The molecular formula is C14H12Cl2N2O3S. The van der Waals surface area contributed by atoms with E-state index >= 15 is 0 Å². The molecule has 0 aliphatic rings. The number of nitrogens with two attached hydrogens (primary N) is 1. The number of carbonyl (C=O) groups is 1. The summed E-state index contributed by atoms with van der Waals surface area (Å²) in [4.78, 5) is 12.1. The van der Waals surface area contributed by atoms with Crippen molar-refractivity contribution >= 4 is 39.1 Å². The number of hydrogen-bond acceptors (Lipinski definition) is 3. The van der Waals surface area contributed by atoms with Gasteiger partial charge in [-0.15, -0.1) is 0 Å². The van der Waals surface area contributed by atoms with Crippen molar-refractivity contribution in [3.63, 3.8) is 0 Å². The standard InChI is InChI=1S/C14H12Cl2N2O3S/c15-11-2-1-3-12(16)13(11)14(19)18-8-9-4-6-10(7-5-9)22(17,20)21/h1-7H,8H2,(H,18,19)(H2,17,20,21). The zero-order chi connectivity index (χ0) is 16.3. The third kappa shape index (κ3) is 3.98. The van der Waals surface area contributed by atoms with Gasteiger partial charge in [0.25, 0.3) is 5.91 Å². The molecule has 0 aliphatic heterocycles. The molecule has 0 aromatic heterocycles. The van der Waals surface area contributed by atoms with E-state index in [1.54, 1.807) is 30.3 Å². The van der Waals surface area contributed by atoms with Gasteiger partial charge < -0.3 is 5.32 Å². The first-order valence-corrected chi connectivity index (χ1v) is 8.43. The highest BCUT2D eigenvalue weighted by Gasteiger charge is 2.14. The van der Waals surface area contributed by atoms with E-state index in [2.05, 4.69) is 5.32 Å². The van der Waals surface area contributed by atoms with Crippen molar-refractivity contribution in [3.05, 3.63) is 63.6 Å². The predicted octanol–water partition coefficient (Wildman–Crippen LogP) is 2.57. The zero-order valence-corrected chi connectivity index (χ0v) is 13.5. The Kier molecular flexibility index (Phi) is 5.08. The van der Waals surface area contributed by atoms with Crippen molar-refractivity contribution in [1.82, 2.24) is 5.32 Å². The molecular weight excluding hydrogens is 347 g/mol. The number of hydrogen-bond donors (Lipinski definition) is 2. The minimum absolute atomic E-state index is 0.0109. The van der Waals surface area contributed by atoms with Gasteiger partial charge >= 0.3 is 0 Å². The molecule has 0 aliphatic carbocycles. The van der Waals surface area contributed by atoms with Gasteiger partial charge in [0, 0.05) is 6.54 Å². The SMILES string of the molecule is NS(=O)(=O)c1ccc(CNC(=O)c2c(Cl)cccc2Cl)cc1. The fourth-order valence-corrected chi connectivity index (χ4v) is 2.87. The van der Waals surface area contributed by atoms with Crippen molar-refractivity contribution in [3.8, 4) is 0 Å². The quantitative estimate of drug-likeness (QED) is 0.879. The highest BCUT2D eigenvalue weighted by atomic mass is 35.5. The van der Waals surface area contributed by atoms with Crippen LogP contribution in [0, 0.1) is 0 Å². The van der Waals surface area contributed by atoms with Crippen LogP contribution in [0.1, 0.15) is 15.9 Å². The van der Waals surface area contributed by atoms with Gasteiger partial charge in [-0.25, -0.2) is 13.6 Å². The van der Waals surface area contributed by atoms with E-state index in [1.165, 1.54) is 12.1 Å². The molecule has 0 radical (unpaired) electrons. The zero-order valence-electron chi connectivity index (χ0n) is 11.2. The Hall–Kier alpha value is -1.60. The fourth-order valence-electron chi connectivity index (χ4n) is 1.78. The van der Waals surface area contributed by atoms with Crippen LogP contribution in [0.3, 0.4) is 0 Å². The maximum Gasteiger partial charge on any atom is 0.254 e. The van der Waals surface area contributed by atoms with Crippen LogP contribution in [-0.2, 0) is 16.6 Å². The average Bonchev–Trinajstić information content (AvgIpc) is 2.44. The summed E-state index contributed by atoms with van der Waals surface area (Å²) >= 11 is 11.9. The second-order valence-electron chi connectivity index (χ2n) is 4.47. The van der Waals surface area contributed by atoms with Gasteiger partial charge in [0.1, 0.15) is 0 Å². The highest BCUT2D eigenvalue weighted by Crippen LogP contribution is 2.24. The second-order valence-corrected chi connectivity index (χ2v) is 6.84. The molecule has 0 atom stereocenters. The summed E-state index contributed by atoms with van der Waals surface area (Å²) < 4.78 is 22.3. The van der Waals surface area contributed by atoms with Crippen molar-refractivity contribution in [1.29, 1.82) is 0 Å². The maximum atomic E-state index is 12.1. The van der Waals surface area contributed by atoms with Crippen molar-refractivity contribution in [2.75, 3.05) is 0 Å². The topological polar surface area (TPSA) is 89.3 Å². The Morgan fingerprint density at radius 2 is 1.59 bits per heavy atom. The average molecular weight is 359 g/mol. The van der Waals surface area contributed by atoms with Crippen LogP contribution in [0.4, 0.5) is 0 Å². The van der Waals surface area contributed by atoms with Crippen LogP contribution < -0.4 is 10.5 Å². The molecule has 3 N–H and O–H groups in total. The summed E-state index contributed by atoms with van der Waals surface area (Å²) in [6.45, 7) is 0.200. The molecule has 0 fully saturated rings. The summed E-state index contributed by atoms with van der Waals surface area (Å²) in [6, 6.07) is 10.7. The highest BCUT2D eigenvalue weighted by molar-refractivity contribution is 7.89. The molecule has 22 heavy (non-hydrogen) atoms. The molecule has 1 amide bonds. The third-order valence-corrected chi connectivity index (χ3v) is 4.45. The first-order valence-electron chi connectivity index (χ1n) is 6.13. The number of amides is 1. The Morgan fingerprint density at radius 1 is 1.05 bits per heavy atom. The first-order chi connectivity index (χ1) is 10.3. The van der Waals surface area contributed by atoms with E-state index in [4.69, 9.17) is 28.3 Å². The minimum atomic E-state index is -3.73. The van der Waals surface area contributed by atoms with Crippen LogP contribution in [0.25, 0.3) is 0 Å². The molecule has 0 saturated heterocycles. The monoisotopic (exact) mass is 358 g/mol. The van der Waals surface area contributed by atoms with Gasteiger partial charge in [0.05, 0.1) is 20.5 Å². The molecule has 0 unspecified atom stereocenters. The number of benzene rings is 2. The van der Waals surface area contributed by atoms with Crippen LogP contribution in [0.5, 0.6) is 0 Å². The van der Waals surface area contributed by atoms with Crippen LogP contribution in [0.15, 0.2) is 47.4 Å². The largest absolute Gasteiger partial charge is 0.348 e. The van der Waals surface area contributed by atoms with Crippen molar-refractivity contribution in [2.24, 2.45) is 5.14 Å². The predicted molar refractivity (Wildman–Crippen MR) is 85.4 cm³/mol. The molecule has 0 bridgehead atoms. The van der Waals surface area contributed by atoms with Crippen molar-refractivity contribution in [2.45, 2.75) is 11.4 Å². The first kappa shape index (κ1) is 16.8. The number of halogens is 2. The third-order valence-electron chi connectivity index (χ3n) is 2.89. The van der Waals surface area contributed by atoms with Crippen LogP contribution in [-0.4, -0.2) is 14.3 Å². The van der Waals surface area contributed by atoms with E-state index < -0.39 is 15.9 Å². The summed E-state index contributed by atoms with van der Waals surface area (Å²) in [7, 11) is -3.73. The molecule has 116 valence electrons. The lowest BCUT2D eigenvalue weighted by atomic mass is 10.2. The molecule has 5 nitrogen and oxygen atoms in total. The minimum Gasteiger partial charge on any atom is -0.348 e. The lowest BCUT2D eigenvalue weighted by molar-refractivity contribution is 0.0951. The van der Waals surface area contributed by atoms with Crippen LogP contribution in [0.2, 0.25) is 10.0 Å². The molecule has 8 heteroatoms. The second kappa shape index (κ2) is 6.66. The normalized spacial score (nSPS) is 11.2. The number of nitrogens with one attached hydrogen (secondary N) is 1. The number of primary sulfonamides is 1. The van der Waals surface area contributed by atoms with E-state index in [1.807, 2.05) is 0 Å². The lowest BCUT2D eigenvalue weighted by Gasteiger charge is -2.09. The van der Waals surface area contributed by atoms with Gasteiger partial charge in [0.2, 0.25) is 10.0 Å². The van der Waals surface area contributed by atoms with E-state index in [-0.39, 0.29) is 27.0 Å². The molecule has 2 aromatic carbocycles. The maximum absolute atomic E-state index is 12.1. The smallest absolute Gasteiger partial charge is 0.254 e. The number of rotatable bonds is 4. The van der Waals surface area contributed by atoms with Crippen LogP contribution >= 0.6 is 23.2 Å². The molecule has 0 spiro atoms. The summed E-state index contributed by atoms with van der Waals surface area (Å²) in [5.41, 5.74) is 0.913. The Labute approximate surface area is 138 Å². The number of carbonyl (C=O) groups excluding carboxylic acids is 1. The lowest BCUT2D eigenvalue weighted by Crippen LogP contribution is -2.23. The van der Waals surface area contributed by atoms with Gasteiger partial charge in [-0.2, -0.15) is 0 Å². The number of sulfonamides is 1. The summed E-state index contributed by atoms with van der Waals surface area (Å²) in [5, 5.41) is 8.20. The van der Waals surface area contributed by atoms with E-state index in [0.29, 0.717) is 5.56 Å². The molecule has 0 heterocycles. The summed E-state index contributed by atoms with van der Waals surface area (Å²) in [6.07, 6.45) is 0. The van der Waals surface area contributed by atoms with E-state index in [9.17, 15) is 13.2 Å². The Balaban J connectivity index is 2.09. The van der Waals surface area contributed by atoms with E-state index in [0.717, 1.165) is 0 Å². The molecule has 2 rings (SSSR count). The van der Waals surface area contributed by atoms with Crippen molar-refractivity contribution < 1.29 is 13.2 Å². The summed E-state index contributed by atoms with van der Waals surface area (Å²) in [5.74, 6) is -0.411. The Bertz CT molecular complexity index is 785.